The number of halogens is 3. The number of hydrogen-bond donors (Lipinski definition) is 0. The van der Waals surface area contributed by atoms with Gasteiger partial charge >= 0.3 is 0 Å². The second-order valence-electron chi connectivity index (χ2n) is 22.4. The molecule has 6 heteroatoms. The fourth-order valence-electron chi connectivity index (χ4n) is 7.48. The van der Waals surface area contributed by atoms with Crippen molar-refractivity contribution in [3.8, 4) is 0 Å². The SMILES string of the molecule is CCCCCCCCCCCCCCCCCC.CCCCCCCCCCCCCCCC[N+](C)(C)C.CCCCCCCCCCCC[N+](C)(C)C.C[N+](C)(C)C.[Br-].[Br-].[Br-]. The molecule has 0 radical (unpaired) electrons. The molecule has 0 aliphatic carbocycles. The highest BCUT2D eigenvalue weighted by molar-refractivity contribution is 4.51. The highest BCUT2D eigenvalue weighted by atomic mass is 79.9. The Bertz CT molecular complexity index is 693. The van der Waals surface area contributed by atoms with Crippen LogP contribution in [0.5, 0.6) is 0 Å². The molecule has 0 aromatic carbocycles. The predicted octanol–water partition coefficient (Wildman–Crippen LogP) is 9.39. The van der Waals surface area contributed by atoms with Gasteiger partial charge in [-0.25, -0.2) is 0 Å². The van der Waals surface area contributed by atoms with Crippen LogP contribution in [0.1, 0.15) is 285 Å². The Morgan fingerprint density at radius 2 is 0.274 bits per heavy atom. The molecule has 0 amide bonds. The molecule has 62 heavy (non-hydrogen) atoms. The lowest BCUT2D eigenvalue weighted by atomic mass is 10.0. The first-order valence-electron chi connectivity index (χ1n) is 27.4. The molecule has 0 heterocycles. The van der Waals surface area contributed by atoms with Crippen LogP contribution < -0.4 is 50.9 Å². The lowest BCUT2D eigenvalue weighted by molar-refractivity contribution is -0.870. The first kappa shape index (κ1) is 77.5. The molecule has 0 rings (SSSR count). The van der Waals surface area contributed by atoms with E-state index < -0.39 is 0 Å². The molecule has 0 saturated heterocycles. The summed E-state index contributed by atoms with van der Waals surface area (Å²) in [5, 5.41) is 0. The van der Waals surface area contributed by atoms with Crippen molar-refractivity contribution in [2.24, 2.45) is 0 Å². The third-order valence-corrected chi connectivity index (χ3v) is 11.3. The van der Waals surface area contributed by atoms with Crippen LogP contribution in [0.4, 0.5) is 0 Å². The predicted molar refractivity (Wildman–Crippen MR) is 277 cm³/mol. The number of rotatable bonds is 41. The molecule has 0 bridgehead atoms. The molecule has 386 valence electrons. The van der Waals surface area contributed by atoms with Gasteiger partial charge in [-0.3, -0.25) is 0 Å². The Labute approximate surface area is 429 Å². The Morgan fingerprint density at radius 3 is 0.371 bits per heavy atom. The van der Waals surface area contributed by atoms with Crippen LogP contribution in [-0.2, 0) is 0 Å². The van der Waals surface area contributed by atoms with E-state index in [4.69, 9.17) is 0 Å². The van der Waals surface area contributed by atoms with Crippen molar-refractivity contribution >= 4 is 0 Å². The number of unbranched alkanes of at least 4 members (excludes halogenated alkanes) is 37. The third kappa shape index (κ3) is 104. The van der Waals surface area contributed by atoms with Crippen LogP contribution >= 0.6 is 0 Å². The number of quaternary nitrogens is 3. The summed E-state index contributed by atoms with van der Waals surface area (Å²) in [6.07, 6.45) is 58.2. The van der Waals surface area contributed by atoms with E-state index in [9.17, 15) is 0 Å². The third-order valence-electron chi connectivity index (χ3n) is 11.3. The molecule has 0 aliphatic heterocycles. The van der Waals surface area contributed by atoms with E-state index in [1.807, 2.05) is 0 Å². The summed E-state index contributed by atoms with van der Waals surface area (Å²) in [5.41, 5.74) is 0. The van der Waals surface area contributed by atoms with Crippen molar-refractivity contribution in [3.63, 3.8) is 0 Å². The van der Waals surface area contributed by atoms with Crippen LogP contribution in [0, 0.1) is 0 Å². The van der Waals surface area contributed by atoms with E-state index in [0.717, 1.165) is 13.4 Å². The Morgan fingerprint density at radius 1 is 0.177 bits per heavy atom. The van der Waals surface area contributed by atoms with Crippen molar-refractivity contribution < 1.29 is 64.4 Å². The smallest absolute Gasteiger partial charge is 0.0780 e. The Hall–Kier alpha value is 1.32. The molecule has 0 aromatic rings. The summed E-state index contributed by atoms with van der Waals surface area (Å²) < 4.78 is 3.25. The van der Waals surface area contributed by atoms with Gasteiger partial charge in [-0.15, -0.1) is 0 Å². The molecule has 0 unspecified atom stereocenters. The summed E-state index contributed by atoms with van der Waals surface area (Å²) in [5.74, 6) is 0. The molecule has 0 atom stereocenters. The molecule has 0 fully saturated rings. The summed E-state index contributed by atoms with van der Waals surface area (Å²) in [7, 11) is 22.2. The van der Waals surface area contributed by atoms with E-state index >= 15 is 0 Å². The van der Waals surface area contributed by atoms with Gasteiger partial charge in [-0.1, -0.05) is 259 Å². The highest BCUT2D eigenvalue weighted by Gasteiger charge is 2.06. The van der Waals surface area contributed by atoms with Crippen LogP contribution in [0.15, 0.2) is 0 Å². The molecule has 0 aliphatic rings. The standard InChI is InChI=1S/C19H42N.C18H38.C15H34N.C4H12N.3BrH/c1-5-6-7-8-9-10-11-12-13-14-15-16-17-18-19-20(2,3)4;1-3-5-7-9-11-13-15-17-18-16-14-12-10-8-6-4-2;1-5-6-7-8-9-10-11-12-13-14-15-16(2,3)4;1-5(2,3)4;;;/h5-19H2,1-4H3;3-18H2,1-2H3;5-15H2,1-4H3;1-4H3;3*1H/q+1;;2*+1;;;/p-3. The van der Waals surface area contributed by atoms with Crippen LogP contribution in [-0.4, -0.2) is 97.0 Å². The van der Waals surface area contributed by atoms with E-state index in [1.165, 1.54) is 270 Å². The molecule has 0 saturated carbocycles. The lowest BCUT2D eigenvalue weighted by Gasteiger charge is -2.23. The fourth-order valence-corrected chi connectivity index (χ4v) is 7.48. The summed E-state index contributed by atoms with van der Waals surface area (Å²) in [6.45, 7) is 11.8. The highest BCUT2D eigenvalue weighted by Crippen LogP contribution is 2.15. The van der Waals surface area contributed by atoms with E-state index in [1.54, 1.807) is 0 Å². The molecule has 0 N–H and O–H groups in total. The summed E-state index contributed by atoms with van der Waals surface area (Å²) >= 11 is 0. The minimum atomic E-state index is 0. The van der Waals surface area contributed by atoms with Gasteiger partial charge in [0.2, 0.25) is 0 Å². The molecule has 3 nitrogen and oxygen atoms in total. The van der Waals surface area contributed by atoms with Gasteiger partial charge in [0, 0.05) is 0 Å². The van der Waals surface area contributed by atoms with Crippen molar-refractivity contribution in [1.29, 1.82) is 0 Å². The monoisotopic (exact) mass is 1080 g/mol. The van der Waals surface area contributed by atoms with Crippen LogP contribution in [0.25, 0.3) is 0 Å². The van der Waals surface area contributed by atoms with Gasteiger partial charge in [-0.2, -0.15) is 0 Å². The topological polar surface area (TPSA) is 0 Å². The second-order valence-corrected chi connectivity index (χ2v) is 22.4. The molecular weight excluding hydrogens is 954 g/mol. The largest absolute Gasteiger partial charge is 1.00 e. The average Bonchev–Trinajstić information content (AvgIpc) is 3.15. The van der Waals surface area contributed by atoms with Crippen molar-refractivity contribution in [3.05, 3.63) is 0 Å². The normalized spacial score (nSPS) is 11.1. The quantitative estimate of drug-likeness (QED) is 0.0424. The first-order chi connectivity index (χ1) is 28.0. The zero-order valence-corrected chi connectivity index (χ0v) is 50.9. The van der Waals surface area contributed by atoms with Crippen LogP contribution in [0.2, 0.25) is 0 Å². The minimum Gasteiger partial charge on any atom is -1.00 e. The van der Waals surface area contributed by atoms with E-state index in [0.29, 0.717) is 0 Å². The first-order valence-corrected chi connectivity index (χ1v) is 27.4. The van der Waals surface area contributed by atoms with Gasteiger partial charge in [0.05, 0.1) is 83.6 Å². The Balaban J connectivity index is -0.000000136. The van der Waals surface area contributed by atoms with Gasteiger partial charge in [0.1, 0.15) is 0 Å². The van der Waals surface area contributed by atoms with Gasteiger partial charge in [-0.05, 0) is 25.7 Å². The lowest BCUT2D eigenvalue weighted by Crippen LogP contribution is -3.00. The number of hydrogen-bond acceptors (Lipinski definition) is 0. The van der Waals surface area contributed by atoms with Crippen molar-refractivity contribution in [2.45, 2.75) is 285 Å². The van der Waals surface area contributed by atoms with Crippen LogP contribution in [0.3, 0.4) is 0 Å². The second kappa shape index (κ2) is 62.3. The zero-order chi connectivity index (χ0) is 45.2. The average molecular weight is 1080 g/mol. The maximum atomic E-state index is 2.29. The zero-order valence-electron chi connectivity index (χ0n) is 46.2. The fraction of sp³-hybridized carbons (Fsp3) is 1.00. The van der Waals surface area contributed by atoms with Crippen molar-refractivity contribution in [1.82, 2.24) is 0 Å². The van der Waals surface area contributed by atoms with Crippen molar-refractivity contribution in [2.75, 3.05) is 83.6 Å². The van der Waals surface area contributed by atoms with E-state index in [2.05, 4.69) is 98.2 Å². The maximum Gasteiger partial charge on any atom is 0.0780 e. The van der Waals surface area contributed by atoms with Gasteiger partial charge in [0.15, 0.2) is 0 Å². The summed E-state index contributed by atoms with van der Waals surface area (Å²) in [6, 6.07) is 0. The summed E-state index contributed by atoms with van der Waals surface area (Å²) in [4.78, 5) is 0. The van der Waals surface area contributed by atoms with Gasteiger partial charge < -0.3 is 64.4 Å². The van der Waals surface area contributed by atoms with Gasteiger partial charge in [0.25, 0.3) is 0 Å². The molecule has 0 spiro atoms. The maximum absolute atomic E-state index is 2.29. The molecule has 0 aromatic heterocycles. The van der Waals surface area contributed by atoms with E-state index in [-0.39, 0.29) is 50.9 Å². The Kier molecular flexibility index (Phi) is 77.9. The minimum absolute atomic E-state index is 0. The number of nitrogens with zero attached hydrogens (tertiary/aromatic N) is 3. The molecular formula is C56H126Br3N3.